The van der Waals surface area contributed by atoms with E-state index in [9.17, 15) is 14.7 Å². The average molecular weight is 369 g/mol. The highest BCUT2D eigenvalue weighted by Crippen LogP contribution is 2.53. The van der Waals surface area contributed by atoms with Gasteiger partial charge in [-0.2, -0.15) is 0 Å². The molecule has 2 aliphatic heterocycles. The monoisotopic (exact) mass is 369 g/mol. The lowest BCUT2D eigenvalue weighted by molar-refractivity contribution is -0.130. The molecule has 0 aromatic rings. The van der Waals surface area contributed by atoms with E-state index in [1.807, 2.05) is 0 Å². The van der Waals surface area contributed by atoms with Gasteiger partial charge in [0, 0.05) is 52.8 Å². The van der Waals surface area contributed by atoms with E-state index in [0.29, 0.717) is 26.2 Å². The van der Waals surface area contributed by atoms with Gasteiger partial charge in [-0.1, -0.05) is 0 Å². The lowest BCUT2D eigenvalue weighted by Gasteiger charge is -2.40. The molecule has 2 atom stereocenters. The molecule has 3 rings (SSSR count). The Hall–Kier alpha value is -1.38. The van der Waals surface area contributed by atoms with E-state index in [1.54, 1.807) is 12.0 Å². The predicted molar refractivity (Wildman–Crippen MR) is 94.7 cm³/mol. The van der Waals surface area contributed by atoms with Crippen LogP contribution in [-0.2, 0) is 9.53 Å². The Morgan fingerprint density at radius 1 is 1.27 bits per heavy atom. The van der Waals surface area contributed by atoms with Crippen molar-refractivity contribution in [1.29, 1.82) is 0 Å². The Kier molecular flexibility index (Phi) is 6.04. The maximum Gasteiger partial charge on any atom is 0.407 e. The first-order chi connectivity index (χ1) is 12.4. The molecule has 148 valence electrons. The number of methoxy groups -OCH3 is 1. The Balaban J connectivity index is 1.44. The minimum absolute atomic E-state index is 0.0202. The third-order valence-electron chi connectivity index (χ3n) is 6.32. The number of rotatable bonds is 6. The van der Waals surface area contributed by atoms with Crippen LogP contribution < -0.4 is 0 Å². The molecule has 2 heterocycles. The van der Waals surface area contributed by atoms with Gasteiger partial charge in [0.1, 0.15) is 6.23 Å². The molecule has 8 heteroatoms. The van der Waals surface area contributed by atoms with Gasteiger partial charge in [0.15, 0.2) is 0 Å². The first-order valence-corrected chi connectivity index (χ1v) is 9.66. The quantitative estimate of drug-likeness (QED) is 0.719. The summed E-state index contributed by atoms with van der Waals surface area (Å²) in [6, 6.07) is 0. The van der Waals surface area contributed by atoms with Crippen molar-refractivity contribution in [2.24, 2.45) is 5.41 Å². The van der Waals surface area contributed by atoms with Crippen LogP contribution in [0.15, 0.2) is 0 Å². The van der Waals surface area contributed by atoms with Crippen molar-refractivity contribution in [3.8, 4) is 0 Å². The van der Waals surface area contributed by atoms with Crippen LogP contribution in [0, 0.1) is 5.41 Å². The van der Waals surface area contributed by atoms with E-state index < -0.39 is 6.09 Å². The van der Waals surface area contributed by atoms with Gasteiger partial charge in [0.25, 0.3) is 0 Å². The molecule has 1 unspecified atom stereocenters. The van der Waals surface area contributed by atoms with Gasteiger partial charge in [-0.15, -0.1) is 0 Å². The molecule has 0 bridgehead atoms. The number of aliphatic hydroxyl groups excluding tert-OH is 1. The van der Waals surface area contributed by atoms with Gasteiger partial charge in [-0.05, 0) is 37.5 Å². The number of β-amino-alcohol motifs (C(OH)–C–C–N with tert-alkyl or cyclic N) is 1. The number of amides is 2. The summed E-state index contributed by atoms with van der Waals surface area (Å²) in [6.07, 6.45) is 3.90. The number of hydrogen-bond donors (Lipinski definition) is 2. The minimum atomic E-state index is -0.962. The zero-order chi connectivity index (χ0) is 18.7. The molecule has 2 saturated heterocycles. The summed E-state index contributed by atoms with van der Waals surface area (Å²) >= 11 is 0. The lowest BCUT2D eigenvalue weighted by atomic mass is 9.90. The zero-order valence-corrected chi connectivity index (χ0v) is 15.6. The molecule has 3 fully saturated rings. The van der Waals surface area contributed by atoms with Crippen LogP contribution in [0.5, 0.6) is 0 Å². The van der Waals surface area contributed by atoms with Crippen LogP contribution in [0.2, 0.25) is 0 Å². The molecular formula is C18H31N3O5. The summed E-state index contributed by atoms with van der Waals surface area (Å²) in [7, 11) is 1.69. The first kappa shape index (κ1) is 19.4. The summed E-state index contributed by atoms with van der Waals surface area (Å²) in [4.78, 5) is 28.5. The fourth-order valence-corrected chi connectivity index (χ4v) is 4.25. The lowest BCUT2D eigenvalue weighted by Crippen LogP contribution is -2.50. The number of carbonyl (C=O) groups excluding carboxylic acids is 1. The first-order valence-electron chi connectivity index (χ1n) is 9.66. The van der Waals surface area contributed by atoms with Crippen molar-refractivity contribution < 1.29 is 24.5 Å². The summed E-state index contributed by atoms with van der Waals surface area (Å²) in [6.45, 7) is 3.33. The van der Waals surface area contributed by atoms with Crippen LogP contribution in [0.3, 0.4) is 0 Å². The average Bonchev–Trinajstić information content (AvgIpc) is 3.41. The van der Waals surface area contributed by atoms with E-state index >= 15 is 0 Å². The van der Waals surface area contributed by atoms with Gasteiger partial charge in [-0.25, -0.2) is 4.79 Å². The van der Waals surface area contributed by atoms with E-state index in [2.05, 4.69) is 4.90 Å². The third kappa shape index (κ3) is 4.29. The van der Waals surface area contributed by atoms with Crippen LogP contribution in [0.4, 0.5) is 4.79 Å². The van der Waals surface area contributed by atoms with Gasteiger partial charge in [-0.3, -0.25) is 9.69 Å². The van der Waals surface area contributed by atoms with Crippen molar-refractivity contribution in [2.75, 3.05) is 46.4 Å². The second-order valence-electron chi connectivity index (χ2n) is 7.86. The summed E-state index contributed by atoms with van der Waals surface area (Å²) in [5.41, 5.74) is 0.184. The third-order valence-corrected chi connectivity index (χ3v) is 6.32. The minimum Gasteiger partial charge on any atom is -0.465 e. The largest absolute Gasteiger partial charge is 0.465 e. The maximum absolute atomic E-state index is 12.2. The molecule has 1 spiro atoms. The van der Waals surface area contributed by atoms with Crippen molar-refractivity contribution >= 4 is 12.0 Å². The number of hydrogen-bond acceptors (Lipinski definition) is 5. The Morgan fingerprint density at radius 2 is 2.04 bits per heavy atom. The molecule has 2 amide bonds. The molecule has 3 aliphatic rings. The molecule has 1 aliphatic carbocycles. The van der Waals surface area contributed by atoms with Crippen molar-refractivity contribution in [2.45, 2.75) is 50.9 Å². The Morgan fingerprint density at radius 3 is 2.65 bits per heavy atom. The van der Waals surface area contributed by atoms with Crippen LogP contribution in [0.25, 0.3) is 0 Å². The van der Waals surface area contributed by atoms with Gasteiger partial charge >= 0.3 is 6.09 Å². The number of likely N-dealkylation sites (tertiary alicyclic amines) is 1. The Bertz CT molecular complexity index is 525. The van der Waals surface area contributed by atoms with E-state index in [-0.39, 0.29) is 36.6 Å². The van der Waals surface area contributed by atoms with Gasteiger partial charge in [0.05, 0.1) is 6.10 Å². The second kappa shape index (κ2) is 8.10. The summed E-state index contributed by atoms with van der Waals surface area (Å²) in [5.74, 6) is 0.0202. The molecular weight excluding hydrogens is 338 g/mol. The molecule has 0 radical (unpaired) electrons. The number of piperidine rings is 1. The maximum atomic E-state index is 12.2. The number of aliphatic hydroxyl groups is 1. The summed E-state index contributed by atoms with van der Waals surface area (Å²) < 4.78 is 5.64. The number of carbonyl (C=O) groups is 2. The van der Waals surface area contributed by atoms with E-state index in [1.165, 1.54) is 4.90 Å². The number of ether oxygens (including phenoxy) is 1. The molecule has 2 N–H and O–H groups in total. The standard InChI is InChI=1S/C18H31N3O5/c1-26-16(21-10-7-18(5-6-18)14(22)13-21)3-2-8-19-11-12-20(17(24)25)9-4-15(19)23/h14,16,22H,2-13H2,1H3,(H,24,25)/t14-,16?/m1/s1. The number of carboxylic acid groups (broad SMARTS) is 1. The van der Waals surface area contributed by atoms with E-state index in [0.717, 1.165) is 38.6 Å². The van der Waals surface area contributed by atoms with Crippen LogP contribution in [-0.4, -0.2) is 95.6 Å². The second-order valence-corrected chi connectivity index (χ2v) is 7.86. The molecule has 1 saturated carbocycles. The topological polar surface area (TPSA) is 93.6 Å². The molecule has 0 aromatic carbocycles. The molecule has 26 heavy (non-hydrogen) atoms. The SMILES string of the molecule is COC(CCCN1CCN(C(=O)O)CCC1=O)N1CCC2(CC2)[C@H](O)C1. The Labute approximate surface area is 154 Å². The highest BCUT2D eigenvalue weighted by atomic mass is 16.5. The van der Waals surface area contributed by atoms with Gasteiger partial charge in [0.2, 0.25) is 5.91 Å². The molecule has 8 nitrogen and oxygen atoms in total. The number of nitrogens with zero attached hydrogens (tertiary/aromatic N) is 3. The fraction of sp³-hybridized carbons (Fsp3) is 0.889. The van der Waals surface area contributed by atoms with Crippen LogP contribution >= 0.6 is 0 Å². The highest BCUT2D eigenvalue weighted by Gasteiger charge is 2.51. The predicted octanol–water partition coefficient (Wildman–Crippen LogP) is 0.798. The normalized spacial score (nSPS) is 27.5. The fourth-order valence-electron chi connectivity index (χ4n) is 4.25. The van der Waals surface area contributed by atoms with Crippen molar-refractivity contribution in [3.63, 3.8) is 0 Å². The highest BCUT2D eigenvalue weighted by molar-refractivity contribution is 5.77. The van der Waals surface area contributed by atoms with Crippen molar-refractivity contribution in [1.82, 2.24) is 14.7 Å². The van der Waals surface area contributed by atoms with Crippen LogP contribution in [0.1, 0.15) is 38.5 Å². The van der Waals surface area contributed by atoms with Crippen molar-refractivity contribution in [3.05, 3.63) is 0 Å². The van der Waals surface area contributed by atoms with Gasteiger partial charge < -0.3 is 24.7 Å². The smallest absolute Gasteiger partial charge is 0.407 e. The van der Waals surface area contributed by atoms with E-state index in [4.69, 9.17) is 9.84 Å². The zero-order valence-electron chi connectivity index (χ0n) is 15.6. The molecule has 0 aromatic heterocycles. The summed E-state index contributed by atoms with van der Waals surface area (Å²) in [5, 5.41) is 19.5.